The van der Waals surface area contributed by atoms with Crippen LogP contribution in [0, 0.1) is 6.92 Å². The highest BCUT2D eigenvalue weighted by Crippen LogP contribution is 2.23. The lowest BCUT2D eigenvalue weighted by Crippen LogP contribution is -2.57. The van der Waals surface area contributed by atoms with Crippen LogP contribution in [0.25, 0.3) is 0 Å². The van der Waals surface area contributed by atoms with Crippen LogP contribution in [0.3, 0.4) is 0 Å². The van der Waals surface area contributed by atoms with Gasteiger partial charge in [0, 0.05) is 48.9 Å². The first kappa shape index (κ1) is 14.8. The highest BCUT2D eigenvalue weighted by atomic mass is 79.9. The average Bonchev–Trinajstić information content (AvgIpc) is 2.39. The summed E-state index contributed by atoms with van der Waals surface area (Å²) < 4.78 is 1.04. The second-order valence-corrected chi connectivity index (χ2v) is 6.70. The Kier molecular flexibility index (Phi) is 4.48. The maximum absolute atomic E-state index is 5.85. The van der Waals surface area contributed by atoms with E-state index < -0.39 is 0 Å². The van der Waals surface area contributed by atoms with Gasteiger partial charge in [-0.15, -0.1) is 0 Å². The van der Waals surface area contributed by atoms with Crippen LogP contribution in [-0.4, -0.2) is 48.1 Å². The van der Waals surface area contributed by atoms with E-state index in [2.05, 4.69) is 57.6 Å². The monoisotopic (exact) mass is 326 g/mol. The van der Waals surface area contributed by atoms with Crippen molar-refractivity contribution < 1.29 is 0 Å². The molecule has 5 heteroatoms. The number of hydrogen-bond acceptors (Lipinski definition) is 4. The molecule has 4 nitrogen and oxygen atoms in total. The van der Waals surface area contributed by atoms with Crippen molar-refractivity contribution >= 4 is 21.7 Å². The van der Waals surface area contributed by atoms with E-state index in [4.69, 9.17) is 5.73 Å². The Morgan fingerprint density at radius 1 is 1.32 bits per heavy atom. The van der Waals surface area contributed by atoms with E-state index in [0.717, 1.165) is 36.5 Å². The first-order valence-corrected chi connectivity index (χ1v) is 7.55. The summed E-state index contributed by atoms with van der Waals surface area (Å²) in [6.07, 6.45) is 1.87. The Bertz CT molecular complexity index is 439. The fraction of sp³-hybridized carbons (Fsp3) is 0.643. The quantitative estimate of drug-likeness (QED) is 0.922. The summed E-state index contributed by atoms with van der Waals surface area (Å²) in [7, 11) is 0. The molecule has 2 heterocycles. The Balaban J connectivity index is 2.04. The van der Waals surface area contributed by atoms with Gasteiger partial charge in [-0.1, -0.05) is 0 Å². The van der Waals surface area contributed by atoms with Crippen molar-refractivity contribution in [3.05, 3.63) is 22.3 Å². The molecule has 0 saturated carbocycles. The van der Waals surface area contributed by atoms with Gasteiger partial charge in [-0.05, 0) is 48.3 Å². The highest BCUT2D eigenvalue weighted by Gasteiger charge is 2.29. The number of nitrogens with two attached hydrogens (primary N) is 1. The van der Waals surface area contributed by atoms with Crippen molar-refractivity contribution in [3.63, 3.8) is 0 Å². The number of aromatic nitrogens is 1. The maximum atomic E-state index is 5.85. The van der Waals surface area contributed by atoms with Crippen LogP contribution in [0.1, 0.15) is 19.4 Å². The van der Waals surface area contributed by atoms with Gasteiger partial charge < -0.3 is 10.6 Å². The fourth-order valence-electron chi connectivity index (χ4n) is 2.52. The number of rotatable bonds is 3. The number of hydrogen-bond donors (Lipinski definition) is 1. The molecule has 1 aliphatic heterocycles. The van der Waals surface area contributed by atoms with Crippen LogP contribution >= 0.6 is 15.9 Å². The number of nitrogens with zero attached hydrogens (tertiary/aromatic N) is 3. The topological polar surface area (TPSA) is 45.4 Å². The maximum Gasteiger partial charge on any atom is 0.131 e. The molecule has 1 fully saturated rings. The summed E-state index contributed by atoms with van der Waals surface area (Å²) in [5, 5.41) is 0. The molecular weight excluding hydrogens is 304 g/mol. The van der Waals surface area contributed by atoms with Crippen molar-refractivity contribution in [1.82, 2.24) is 9.88 Å². The second-order valence-electron chi connectivity index (χ2n) is 5.78. The van der Waals surface area contributed by atoms with Crippen molar-refractivity contribution in [2.45, 2.75) is 26.3 Å². The van der Waals surface area contributed by atoms with E-state index in [1.54, 1.807) is 0 Å². The zero-order chi connectivity index (χ0) is 14.0. The first-order valence-electron chi connectivity index (χ1n) is 6.76. The van der Waals surface area contributed by atoms with Crippen molar-refractivity contribution in [2.75, 3.05) is 37.6 Å². The Labute approximate surface area is 124 Å². The van der Waals surface area contributed by atoms with E-state index in [1.807, 2.05) is 6.20 Å². The summed E-state index contributed by atoms with van der Waals surface area (Å²) in [5.74, 6) is 1.11. The summed E-state index contributed by atoms with van der Waals surface area (Å²) in [6.45, 7) is 11.4. The van der Waals surface area contributed by atoms with Gasteiger partial charge in [0.15, 0.2) is 0 Å². The molecule has 1 aromatic heterocycles. The zero-order valence-corrected chi connectivity index (χ0v) is 13.6. The van der Waals surface area contributed by atoms with Gasteiger partial charge in [-0.3, -0.25) is 4.90 Å². The van der Waals surface area contributed by atoms with Crippen molar-refractivity contribution in [1.29, 1.82) is 0 Å². The standard InChI is InChI=1S/C14H23BrN4/c1-11-8-12(15)9-17-13(11)18-4-6-19(7-5-18)14(2,3)10-16/h8-9H,4-7,10,16H2,1-3H3. The molecule has 0 spiro atoms. The molecule has 19 heavy (non-hydrogen) atoms. The van der Waals surface area contributed by atoms with E-state index in [1.165, 1.54) is 5.56 Å². The van der Waals surface area contributed by atoms with Gasteiger partial charge >= 0.3 is 0 Å². The third-order valence-corrected chi connectivity index (χ3v) is 4.39. The first-order chi connectivity index (χ1) is 8.94. The number of aryl methyl sites for hydroxylation is 1. The molecule has 0 aliphatic carbocycles. The molecule has 2 rings (SSSR count). The molecular formula is C14H23BrN4. The molecule has 0 radical (unpaired) electrons. The lowest BCUT2D eigenvalue weighted by Gasteiger charge is -2.44. The van der Waals surface area contributed by atoms with Gasteiger partial charge in [-0.2, -0.15) is 0 Å². The minimum absolute atomic E-state index is 0.0915. The molecule has 2 N–H and O–H groups in total. The van der Waals surface area contributed by atoms with E-state index >= 15 is 0 Å². The van der Waals surface area contributed by atoms with E-state index in [0.29, 0.717) is 6.54 Å². The Hall–Kier alpha value is -0.650. The second kappa shape index (κ2) is 5.77. The smallest absolute Gasteiger partial charge is 0.131 e. The van der Waals surface area contributed by atoms with Gasteiger partial charge in [0.05, 0.1) is 0 Å². The normalized spacial score (nSPS) is 17.8. The fourth-order valence-corrected chi connectivity index (χ4v) is 2.96. The van der Waals surface area contributed by atoms with Gasteiger partial charge in [0.2, 0.25) is 0 Å². The molecule has 0 unspecified atom stereocenters. The molecule has 1 aliphatic rings. The van der Waals surface area contributed by atoms with Crippen LogP contribution < -0.4 is 10.6 Å². The van der Waals surface area contributed by atoms with E-state index in [-0.39, 0.29) is 5.54 Å². The van der Waals surface area contributed by atoms with Crippen LogP contribution in [-0.2, 0) is 0 Å². The number of halogens is 1. The van der Waals surface area contributed by atoms with E-state index in [9.17, 15) is 0 Å². The van der Waals surface area contributed by atoms with Crippen LogP contribution in [0.5, 0.6) is 0 Å². The molecule has 0 amide bonds. The predicted molar refractivity (Wildman–Crippen MR) is 83.6 cm³/mol. The van der Waals surface area contributed by atoms with Gasteiger partial charge in [-0.25, -0.2) is 4.98 Å². The summed E-state index contributed by atoms with van der Waals surface area (Å²) in [5.41, 5.74) is 7.17. The Morgan fingerprint density at radius 3 is 2.47 bits per heavy atom. The highest BCUT2D eigenvalue weighted by molar-refractivity contribution is 9.10. The summed E-state index contributed by atoms with van der Waals surface area (Å²) >= 11 is 3.46. The summed E-state index contributed by atoms with van der Waals surface area (Å²) in [6, 6.07) is 2.12. The van der Waals surface area contributed by atoms with Crippen molar-refractivity contribution in [3.8, 4) is 0 Å². The molecule has 1 saturated heterocycles. The molecule has 1 aromatic rings. The SMILES string of the molecule is Cc1cc(Br)cnc1N1CCN(C(C)(C)CN)CC1. The van der Waals surface area contributed by atoms with Crippen LogP contribution in [0.15, 0.2) is 16.7 Å². The van der Waals surface area contributed by atoms with Gasteiger partial charge in [0.25, 0.3) is 0 Å². The number of pyridine rings is 1. The molecule has 106 valence electrons. The van der Waals surface area contributed by atoms with Crippen molar-refractivity contribution in [2.24, 2.45) is 5.73 Å². The predicted octanol–water partition coefficient (Wildman–Crippen LogP) is 2.01. The summed E-state index contributed by atoms with van der Waals surface area (Å²) in [4.78, 5) is 9.38. The number of piperazine rings is 1. The third kappa shape index (κ3) is 3.27. The van der Waals surface area contributed by atoms with Crippen LogP contribution in [0.4, 0.5) is 5.82 Å². The molecule has 0 aromatic carbocycles. The molecule has 0 atom stereocenters. The number of anilines is 1. The largest absolute Gasteiger partial charge is 0.354 e. The lowest BCUT2D eigenvalue weighted by atomic mass is 10.0. The average molecular weight is 327 g/mol. The van der Waals surface area contributed by atoms with Gasteiger partial charge in [0.1, 0.15) is 5.82 Å². The zero-order valence-electron chi connectivity index (χ0n) is 12.0. The minimum Gasteiger partial charge on any atom is -0.354 e. The Morgan fingerprint density at radius 2 is 1.95 bits per heavy atom. The third-order valence-electron chi connectivity index (χ3n) is 3.95. The molecule has 0 bridgehead atoms. The minimum atomic E-state index is 0.0915. The van der Waals surface area contributed by atoms with Crippen LogP contribution in [0.2, 0.25) is 0 Å². The lowest BCUT2D eigenvalue weighted by molar-refractivity contribution is 0.119.